The van der Waals surface area contributed by atoms with Crippen LogP contribution in [0.1, 0.15) is 43.2 Å². The Morgan fingerprint density at radius 3 is 2.25 bits per heavy atom. The summed E-state index contributed by atoms with van der Waals surface area (Å²) in [6.07, 6.45) is 1.24. The van der Waals surface area contributed by atoms with Gasteiger partial charge in [0.25, 0.3) is 0 Å². The van der Waals surface area contributed by atoms with Crippen molar-refractivity contribution in [2.24, 2.45) is 0 Å². The van der Waals surface area contributed by atoms with Crippen molar-refractivity contribution in [3.63, 3.8) is 0 Å². The van der Waals surface area contributed by atoms with Gasteiger partial charge in [0.15, 0.2) is 0 Å². The van der Waals surface area contributed by atoms with Gasteiger partial charge in [-0.05, 0) is 48.4 Å². The molecule has 32 heavy (non-hydrogen) atoms. The zero-order valence-corrected chi connectivity index (χ0v) is 18.5. The SMILES string of the molecule is CCOCCC1(O)CC2COCC(C1)N2C(=O)OCC1c2ccccc2-c2ccccc21. The second kappa shape index (κ2) is 8.85. The molecule has 2 bridgehead atoms. The van der Waals surface area contributed by atoms with Crippen LogP contribution in [0.25, 0.3) is 11.1 Å². The van der Waals surface area contributed by atoms with Crippen LogP contribution in [0, 0.1) is 0 Å². The Labute approximate surface area is 189 Å². The molecule has 2 heterocycles. The highest BCUT2D eigenvalue weighted by Gasteiger charge is 2.48. The first-order chi connectivity index (χ1) is 15.6. The van der Waals surface area contributed by atoms with E-state index in [1.165, 1.54) is 22.3 Å². The molecule has 170 valence electrons. The second-order valence-corrected chi connectivity index (χ2v) is 9.14. The predicted molar refractivity (Wildman–Crippen MR) is 121 cm³/mol. The van der Waals surface area contributed by atoms with Crippen molar-refractivity contribution in [2.75, 3.05) is 33.0 Å². The molecule has 6 nitrogen and oxygen atoms in total. The number of morpholine rings is 1. The molecule has 2 fully saturated rings. The van der Waals surface area contributed by atoms with Crippen molar-refractivity contribution >= 4 is 6.09 Å². The number of hydrogen-bond acceptors (Lipinski definition) is 5. The Kier molecular flexibility index (Phi) is 5.93. The summed E-state index contributed by atoms with van der Waals surface area (Å²) in [7, 11) is 0. The van der Waals surface area contributed by atoms with Gasteiger partial charge in [-0.3, -0.25) is 4.90 Å². The van der Waals surface area contributed by atoms with E-state index in [9.17, 15) is 9.90 Å². The Morgan fingerprint density at radius 2 is 1.66 bits per heavy atom. The Balaban J connectivity index is 1.28. The number of fused-ring (bicyclic) bond motifs is 5. The van der Waals surface area contributed by atoms with Gasteiger partial charge in [0.05, 0.1) is 30.9 Å². The lowest BCUT2D eigenvalue weighted by Gasteiger charge is -2.50. The lowest BCUT2D eigenvalue weighted by molar-refractivity contribution is -0.139. The molecule has 2 aliphatic heterocycles. The van der Waals surface area contributed by atoms with E-state index in [0.29, 0.717) is 52.3 Å². The summed E-state index contributed by atoms with van der Waals surface area (Å²) < 4.78 is 17.1. The molecule has 0 saturated carbocycles. The van der Waals surface area contributed by atoms with Crippen molar-refractivity contribution < 1.29 is 24.1 Å². The van der Waals surface area contributed by atoms with E-state index in [-0.39, 0.29) is 24.1 Å². The Hall–Kier alpha value is -2.41. The summed E-state index contributed by atoms with van der Waals surface area (Å²) in [5, 5.41) is 11.1. The topological polar surface area (TPSA) is 68.2 Å². The maximum Gasteiger partial charge on any atom is 0.410 e. The maximum atomic E-state index is 13.2. The van der Waals surface area contributed by atoms with Gasteiger partial charge in [0.1, 0.15) is 6.61 Å². The van der Waals surface area contributed by atoms with Crippen LogP contribution in [-0.4, -0.2) is 66.8 Å². The molecule has 2 atom stereocenters. The Morgan fingerprint density at radius 1 is 1.06 bits per heavy atom. The third-order valence-corrected chi connectivity index (χ3v) is 7.10. The number of amides is 1. The van der Waals surface area contributed by atoms with Gasteiger partial charge >= 0.3 is 6.09 Å². The number of rotatable bonds is 6. The van der Waals surface area contributed by atoms with E-state index < -0.39 is 5.60 Å². The van der Waals surface area contributed by atoms with Gasteiger partial charge < -0.3 is 19.3 Å². The molecule has 0 radical (unpaired) electrons. The highest BCUT2D eigenvalue weighted by molar-refractivity contribution is 5.79. The second-order valence-electron chi connectivity index (χ2n) is 9.14. The van der Waals surface area contributed by atoms with Crippen LogP contribution >= 0.6 is 0 Å². The number of benzene rings is 2. The van der Waals surface area contributed by atoms with Crippen LogP contribution in [0.5, 0.6) is 0 Å². The minimum Gasteiger partial charge on any atom is -0.448 e. The fourth-order valence-corrected chi connectivity index (χ4v) is 5.65. The average molecular weight is 438 g/mol. The number of aliphatic hydroxyl groups is 1. The fourth-order valence-electron chi connectivity index (χ4n) is 5.65. The molecule has 0 spiro atoms. The highest BCUT2D eigenvalue weighted by Crippen LogP contribution is 2.45. The van der Waals surface area contributed by atoms with Gasteiger partial charge in [-0.1, -0.05) is 48.5 Å². The monoisotopic (exact) mass is 437 g/mol. The number of carbonyl (C=O) groups excluding carboxylic acids is 1. The summed E-state index contributed by atoms with van der Waals surface area (Å²) in [6, 6.07) is 16.3. The molecular weight excluding hydrogens is 406 g/mol. The zero-order valence-electron chi connectivity index (χ0n) is 18.5. The van der Waals surface area contributed by atoms with E-state index in [4.69, 9.17) is 14.2 Å². The number of carbonyl (C=O) groups is 1. The Bertz CT molecular complexity index is 917. The number of ether oxygens (including phenoxy) is 3. The highest BCUT2D eigenvalue weighted by atomic mass is 16.6. The molecule has 5 rings (SSSR count). The van der Waals surface area contributed by atoms with Crippen molar-refractivity contribution in [3.05, 3.63) is 59.7 Å². The van der Waals surface area contributed by atoms with Gasteiger partial charge in [0, 0.05) is 19.1 Å². The number of nitrogens with zero attached hydrogens (tertiary/aromatic N) is 1. The molecule has 1 N–H and O–H groups in total. The van der Waals surface area contributed by atoms with Crippen LogP contribution in [-0.2, 0) is 14.2 Å². The minimum absolute atomic E-state index is 0.0374. The van der Waals surface area contributed by atoms with Crippen LogP contribution in [0.2, 0.25) is 0 Å². The van der Waals surface area contributed by atoms with E-state index in [2.05, 4.69) is 24.3 Å². The molecule has 2 unspecified atom stereocenters. The van der Waals surface area contributed by atoms with E-state index >= 15 is 0 Å². The smallest absolute Gasteiger partial charge is 0.410 e. The van der Waals surface area contributed by atoms with Crippen LogP contribution < -0.4 is 0 Å². The molecule has 2 saturated heterocycles. The zero-order chi connectivity index (χ0) is 22.1. The first-order valence-electron chi connectivity index (χ1n) is 11.6. The van der Waals surface area contributed by atoms with Crippen LogP contribution in [0.4, 0.5) is 4.79 Å². The van der Waals surface area contributed by atoms with Gasteiger partial charge in [-0.2, -0.15) is 0 Å². The summed E-state index contributed by atoms with van der Waals surface area (Å²) in [5.41, 5.74) is 4.01. The minimum atomic E-state index is -0.825. The summed E-state index contributed by atoms with van der Waals surface area (Å²) in [4.78, 5) is 15.0. The summed E-state index contributed by atoms with van der Waals surface area (Å²) in [5.74, 6) is 0.0374. The van der Waals surface area contributed by atoms with Gasteiger partial charge in [0.2, 0.25) is 0 Å². The third-order valence-electron chi connectivity index (χ3n) is 7.10. The normalized spacial score (nSPS) is 26.5. The van der Waals surface area contributed by atoms with E-state index in [0.717, 1.165) is 0 Å². The van der Waals surface area contributed by atoms with Crippen LogP contribution in [0.15, 0.2) is 48.5 Å². The van der Waals surface area contributed by atoms with Crippen LogP contribution in [0.3, 0.4) is 0 Å². The number of hydrogen-bond donors (Lipinski definition) is 1. The third kappa shape index (κ3) is 3.91. The van der Waals surface area contributed by atoms with Crippen molar-refractivity contribution in [1.29, 1.82) is 0 Å². The average Bonchev–Trinajstić information content (AvgIpc) is 3.11. The molecule has 1 amide bonds. The lowest BCUT2D eigenvalue weighted by Crippen LogP contribution is -2.63. The maximum absolute atomic E-state index is 13.2. The lowest BCUT2D eigenvalue weighted by atomic mass is 9.79. The molecule has 1 aliphatic carbocycles. The molecule has 2 aromatic carbocycles. The summed E-state index contributed by atoms with van der Waals surface area (Å²) >= 11 is 0. The first kappa shape index (κ1) is 21.4. The molecule has 6 heteroatoms. The van der Waals surface area contributed by atoms with Crippen molar-refractivity contribution in [1.82, 2.24) is 4.90 Å². The van der Waals surface area contributed by atoms with Crippen molar-refractivity contribution in [3.8, 4) is 11.1 Å². The predicted octanol–water partition coefficient (Wildman–Crippen LogP) is 3.96. The van der Waals surface area contributed by atoms with Gasteiger partial charge in [-0.15, -0.1) is 0 Å². The van der Waals surface area contributed by atoms with E-state index in [1.807, 2.05) is 36.1 Å². The van der Waals surface area contributed by atoms with E-state index in [1.54, 1.807) is 0 Å². The fraction of sp³-hybridized carbons (Fsp3) is 0.500. The first-order valence-corrected chi connectivity index (χ1v) is 11.6. The largest absolute Gasteiger partial charge is 0.448 e. The molecule has 3 aliphatic rings. The quantitative estimate of drug-likeness (QED) is 0.693. The van der Waals surface area contributed by atoms with Crippen molar-refractivity contribution in [2.45, 2.75) is 49.8 Å². The number of piperidine rings is 1. The molecular formula is C26H31NO5. The standard InChI is InChI=1S/C26H31NO5/c1-2-30-12-11-26(29)13-18-15-31-16-19(14-26)27(18)25(28)32-17-24-22-9-5-3-7-20(22)21-8-4-6-10-23(21)24/h3-10,18-19,24,29H,2,11-17H2,1H3. The summed E-state index contributed by atoms with van der Waals surface area (Å²) in [6.45, 7) is 4.27. The molecule has 0 aromatic heterocycles. The van der Waals surface area contributed by atoms with Gasteiger partial charge in [-0.25, -0.2) is 4.79 Å². The molecule has 2 aromatic rings.